The van der Waals surface area contributed by atoms with Gasteiger partial charge in [0.25, 0.3) is 5.69 Å². The second-order valence-corrected chi connectivity index (χ2v) is 11.9. The van der Waals surface area contributed by atoms with E-state index in [0.717, 1.165) is 5.56 Å². The molecule has 47 heavy (non-hydrogen) atoms. The highest BCUT2D eigenvalue weighted by molar-refractivity contribution is 6.07. The molecule has 3 atom stereocenters. The van der Waals surface area contributed by atoms with Crippen LogP contribution in [0.4, 0.5) is 5.69 Å². The first-order valence-electron chi connectivity index (χ1n) is 15.4. The lowest BCUT2D eigenvalue weighted by Gasteiger charge is -2.32. The summed E-state index contributed by atoms with van der Waals surface area (Å²) >= 11 is 0. The molecule has 0 radical (unpaired) electrons. The molecule has 1 heterocycles. The highest BCUT2D eigenvalue weighted by atomic mass is 16.6. The number of nitro benzene ring substituents is 1. The van der Waals surface area contributed by atoms with E-state index in [4.69, 9.17) is 18.9 Å². The number of nitriles is 1. The monoisotopic (exact) mass is 648 g/mol. The van der Waals surface area contributed by atoms with Crippen LogP contribution in [0.25, 0.3) is 0 Å². The molecule has 3 rings (SSSR count). The van der Waals surface area contributed by atoms with Gasteiger partial charge < -0.3 is 23.8 Å². The topological polar surface area (TPSA) is 154 Å². The zero-order chi connectivity index (χ0) is 34.9. The molecule has 1 aliphatic heterocycles. The molecule has 0 bridgehead atoms. The first kappa shape index (κ1) is 36.7. The quantitative estimate of drug-likeness (QED) is 0.135. The van der Waals surface area contributed by atoms with Crippen molar-refractivity contribution in [3.8, 4) is 17.6 Å². The molecule has 12 nitrogen and oxygen atoms in total. The minimum Gasteiger partial charge on any atom is -0.493 e. The SMILES string of the molecule is COC(=O)C1C(C)=NC(C)=C(C(=O)OCCN(C)CCCC(C#N)(c2ccc(OC)c(OC)c2)C(C)C)C1c1cccc([N+](=O)[O-])c1. The predicted octanol–water partition coefficient (Wildman–Crippen LogP) is 5.61. The highest BCUT2D eigenvalue weighted by Crippen LogP contribution is 2.42. The number of hydrogen-bond acceptors (Lipinski definition) is 11. The van der Waals surface area contributed by atoms with Crippen molar-refractivity contribution in [3.05, 3.63) is 75.0 Å². The number of nitro groups is 1. The van der Waals surface area contributed by atoms with E-state index in [1.807, 2.05) is 44.0 Å². The van der Waals surface area contributed by atoms with Crippen LogP contribution in [0.1, 0.15) is 57.6 Å². The molecule has 0 amide bonds. The summed E-state index contributed by atoms with van der Waals surface area (Å²) in [6.07, 6.45) is 1.31. The first-order chi connectivity index (χ1) is 22.3. The number of carbonyl (C=O) groups excluding carboxylic acids is 2. The fourth-order valence-electron chi connectivity index (χ4n) is 6.17. The van der Waals surface area contributed by atoms with E-state index in [0.29, 0.717) is 54.4 Å². The van der Waals surface area contributed by atoms with Crippen LogP contribution in [-0.4, -0.2) is 75.5 Å². The van der Waals surface area contributed by atoms with Crippen LogP contribution >= 0.6 is 0 Å². The van der Waals surface area contributed by atoms with Gasteiger partial charge in [0.15, 0.2) is 11.5 Å². The molecular weight excluding hydrogens is 604 g/mol. The molecule has 252 valence electrons. The molecule has 0 saturated heterocycles. The predicted molar refractivity (Wildman–Crippen MR) is 177 cm³/mol. The van der Waals surface area contributed by atoms with Gasteiger partial charge in [0.2, 0.25) is 0 Å². The van der Waals surface area contributed by atoms with Crippen molar-refractivity contribution in [1.82, 2.24) is 4.90 Å². The van der Waals surface area contributed by atoms with E-state index < -0.39 is 34.1 Å². The smallest absolute Gasteiger partial charge is 0.336 e. The fourth-order valence-corrected chi connectivity index (χ4v) is 6.17. The maximum atomic E-state index is 13.6. The van der Waals surface area contributed by atoms with Crippen molar-refractivity contribution in [1.29, 1.82) is 5.26 Å². The Kier molecular flexibility index (Phi) is 12.6. The van der Waals surface area contributed by atoms with Gasteiger partial charge in [-0.25, -0.2) is 4.79 Å². The van der Waals surface area contributed by atoms with Crippen LogP contribution in [-0.2, 0) is 24.5 Å². The summed E-state index contributed by atoms with van der Waals surface area (Å²) in [7, 11) is 6.29. The van der Waals surface area contributed by atoms with Crippen LogP contribution in [0.15, 0.2) is 58.7 Å². The van der Waals surface area contributed by atoms with Crippen LogP contribution in [0.2, 0.25) is 0 Å². The second-order valence-electron chi connectivity index (χ2n) is 11.9. The number of carbonyl (C=O) groups is 2. The van der Waals surface area contributed by atoms with Crippen LogP contribution in [0, 0.1) is 33.3 Å². The molecule has 12 heteroatoms. The van der Waals surface area contributed by atoms with Crippen LogP contribution in [0.5, 0.6) is 11.5 Å². The third-order valence-electron chi connectivity index (χ3n) is 8.84. The lowest BCUT2D eigenvalue weighted by Crippen LogP contribution is -2.36. The Morgan fingerprint density at radius 3 is 2.38 bits per heavy atom. The van der Waals surface area contributed by atoms with Gasteiger partial charge in [0.1, 0.15) is 12.5 Å². The summed E-state index contributed by atoms with van der Waals surface area (Å²) in [4.78, 5) is 43.9. The number of non-ortho nitro benzene ring substituents is 1. The fraction of sp³-hybridized carbons (Fsp3) is 0.486. The summed E-state index contributed by atoms with van der Waals surface area (Å²) < 4.78 is 21.6. The minimum absolute atomic E-state index is 0.0305. The van der Waals surface area contributed by atoms with Crippen molar-refractivity contribution in [2.75, 3.05) is 48.1 Å². The van der Waals surface area contributed by atoms with Crippen molar-refractivity contribution >= 4 is 23.3 Å². The third-order valence-corrected chi connectivity index (χ3v) is 8.84. The molecule has 0 saturated carbocycles. The molecular formula is C35H44N4O8. The lowest BCUT2D eigenvalue weighted by molar-refractivity contribution is -0.384. The first-order valence-corrected chi connectivity index (χ1v) is 15.4. The standard InChI is InChI=1S/C35H44N4O8/c1-22(2)35(21-36,26-13-14-28(44-6)29(20-26)45-7)15-10-16-38(5)17-18-47-34(41)31-24(4)37-23(3)30(33(40)46-8)32(31)25-11-9-12-27(19-25)39(42)43/h9,11-14,19-20,22,30,32H,10,15-18H2,1-8H3. The molecule has 0 aliphatic carbocycles. The summed E-state index contributed by atoms with van der Waals surface area (Å²) in [5.74, 6) is -1.90. The largest absolute Gasteiger partial charge is 0.493 e. The number of ether oxygens (including phenoxy) is 4. The molecule has 0 aromatic heterocycles. The molecule has 1 aliphatic rings. The Hall–Kier alpha value is -4.76. The highest BCUT2D eigenvalue weighted by Gasteiger charge is 2.43. The van der Waals surface area contributed by atoms with E-state index in [1.54, 1.807) is 34.1 Å². The number of hydrogen-bond donors (Lipinski definition) is 0. The molecule has 2 aromatic rings. The molecule has 0 N–H and O–H groups in total. The van der Waals surface area contributed by atoms with Gasteiger partial charge >= 0.3 is 11.9 Å². The summed E-state index contributed by atoms with van der Waals surface area (Å²) in [6.45, 7) is 8.50. The summed E-state index contributed by atoms with van der Waals surface area (Å²) in [5, 5.41) is 21.9. The molecule has 3 unspecified atom stereocenters. The number of nitrogens with zero attached hydrogens (tertiary/aromatic N) is 4. The average molecular weight is 649 g/mol. The zero-order valence-corrected chi connectivity index (χ0v) is 28.4. The number of likely N-dealkylation sites (N-methyl/N-ethyl adjacent to an activating group) is 1. The zero-order valence-electron chi connectivity index (χ0n) is 28.4. The number of methoxy groups -OCH3 is 3. The second kappa shape index (κ2) is 16.2. The van der Waals surface area contributed by atoms with E-state index >= 15 is 0 Å². The van der Waals surface area contributed by atoms with Crippen molar-refractivity contribution in [3.63, 3.8) is 0 Å². The Morgan fingerprint density at radius 1 is 1.09 bits per heavy atom. The molecule has 2 aromatic carbocycles. The third kappa shape index (κ3) is 8.16. The Bertz CT molecular complexity index is 1580. The Morgan fingerprint density at radius 2 is 1.79 bits per heavy atom. The number of aliphatic imine (C=N–C) groups is 1. The van der Waals surface area contributed by atoms with Crippen molar-refractivity contribution in [2.24, 2.45) is 16.8 Å². The van der Waals surface area contributed by atoms with Gasteiger partial charge in [-0.3, -0.25) is 19.9 Å². The summed E-state index contributed by atoms with van der Waals surface area (Å²) in [5.41, 5.74) is 1.32. The maximum Gasteiger partial charge on any atom is 0.336 e. The number of benzene rings is 2. The number of esters is 2. The van der Waals surface area contributed by atoms with Crippen molar-refractivity contribution < 1.29 is 33.5 Å². The molecule has 0 fully saturated rings. The van der Waals surface area contributed by atoms with Gasteiger partial charge in [-0.05, 0) is 69.5 Å². The summed E-state index contributed by atoms with van der Waals surface area (Å²) in [6, 6.07) is 14.0. The van der Waals surface area contributed by atoms with E-state index in [2.05, 4.69) is 11.1 Å². The number of rotatable bonds is 15. The van der Waals surface area contributed by atoms with Crippen LogP contribution < -0.4 is 9.47 Å². The van der Waals surface area contributed by atoms with Gasteiger partial charge in [-0.2, -0.15) is 5.26 Å². The van der Waals surface area contributed by atoms with Crippen molar-refractivity contribution in [2.45, 2.75) is 51.9 Å². The van der Waals surface area contributed by atoms with Crippen LogP contribution in [0.3, 0.4) is 0 Å². The Balaban J connectivity index is 1.72. The van der Waals surface area contributed by atoms with Gasteiger partial charge in [0.05, 0.1) is 43.3 Å². The average Bonchev–Trinajstić information content (AvgIpc) is 3.05. The molecule has 0 spiro atoms. The normalized spacial score (nSPS) is 17.4. The van der Waals surface area contributed by atoms with E-state index in [9.17, 15) is 25.0 Å². The van der Waals surface area contributed by atoms with Gasteiger partial charge in [-0.15, -0.1) is 0 Å². The number of allylic oxidation sites excluding steroid dienone is 1. The maximum absolute atomic E-state index is 13.6. The van der Waals surface area contributed by atoms with E-state index in [-0.39, 0.29) is 23.8 Å². The minimum atomic E-state index is -0.956. The van der Waals surface area contributed by atoms with Gasteiger partial charge in [0, 0.05) is 36.0 Å². The van der Waals surface area contributed by atoms with Gasteiger partial charge in [-0.1, -0.05) is 32.0 Å². The Labute approximate surface area is 276 Å². The van der Waals surface area contributed by atoms with E-state index in [1.165, 1.54) is 25.3 Å². The lowest BCUT2D eigenvalue weighted by atomic mass is 9.69.